The Kier molecular flexibility index (Phi) is 5.96. The van der Waals surface area contributed by atoms with Gasteiger partial charge in [-0.1, -0.05) is 74.8 Å². The highest BCUT2D eigenvalue weighted by Gasteiger charge is 2.25. The van der Waals surface area contributed by atoms with Crippen LogP contribution in [0.25, 0.3) is 11.4 Å². The van der Waals surface area contributed by atoms with Gasteiger partial charge in [-0.05, 0) is 41.7 Å². The molecule has 0 atom stereocenters. The van der Waals surface area contributed by atoms with E-state index in [2.05, 4.69) is 60.2 Å². The molecule has 1 aliphatic rings. The molecule has 172 valence electrons. The van der Waals surface area contributed by atoms with Gasteiger partial charge in [0, 0.05) is 29.6 Å². The molecule has 0 saturated carbocycles. The topological polar surface area (TPSA) is 53.9 Å². The van der Waals surface area contributed by atoms with Gasteiger partial charge >= 0.3 is 0 Å². The summed E-state index contributed by atoms with van der Waals surface area (Å²) in [6, 6.07) is 22.4. The molecule has 34 heavy (non-hydrogen) atoms. The average molecular weight is 470 g/mol. The van der Waals surface area contributed by atoms with Crippen LogP contribution in [0.15, 0.2) is 72.9 Å². The van der Waals surface area contributed by atoms with Crippen molar-refractivity contribution in [2.45, 2.75) is 39.2 Å². The van der Waals surface area contributed by atoms with E-state index in [-0.39, 0.29) is 5.41 Å². The first-order valence-corrected chi connectivity index (χ1v) is 11.9. The lowest BCUT2D eigenvalue weighted by Crippen LogP contribution is -2.32. The Balaban J connectivity index is 1.53. The maximum atomic E-state index is 6.45. The third-order valence-electron chi connectivity index (χ3n) is 6.15. The quantitative estimate of drug-likeness (QED) is 0.356. The van der Waals surface area contributed by atoms with Gasteiger partial charge in [0.15, 0.2) is 5.82 Å². The maximum absolute atomic E-state index is 6.45. The third-order valence-corrected chi connectivity index (χ3v) is 6.44. The number of aromatic nitrogens is 3. The number of benzene rings is 2. The van der Waals surface area contributed by atoms with Gasteiger partial charge in [0.05, 0.1) is 17.3 Å². The summed E-state index contributed by atoms with van der Waals surface area (Å²) in [5, 5.41) is 4.23. The van der Waals surface area contributed by atoms with E-state index in [1.807, 2.05) is 42.5 Å². The molecule has 6 heteroatoms. The van der Waals surface area contributed by atoms with Crippen molar-refractivity contribution in [3.63, 3.8) is 0 Å². The molecule has 0 unspecified atom stereocenters. The second-order valence-corrected chi connectivity index (χ2v) is 10.0. The van der Waals surface area contributed by atoms with Crippen LogP contribution < -0.4 is 10.2 Å². The molecule has 0 bridgehead atoms. The number of pyridine rings is 1. The highest BCUT2D eigenvalue weighted by molar-refractivity contribution is 6.32. The fourth-order valence-corrected chi connectivity index (χ4v) is 4.47. The van der Waals surface area contributed by atoms with Crippen LogP contribution in [0.3, 0.4) is 0 Å². The molecule has 0 fully saturated rings. The van der Waals surface area contributed by atoms with Crippen LogP contribution in [0.4, 0.5) is 17.3 Å². The van der Waals surface area contributed by atoms with Gasteiger partial charge in [0.1, 0.15) is 11.6 Å². The van der Waals surface area contributed by atoms with E-state index in [1.54, 1.807) is 6.20 Å². The van der Waals surface area contributed by atoms with Gasteiger partial charge in [-0.3, -0.25) is 0 Å². The molecule has 3 heterocycles. The van der Waals surface area contributed by atoms with Gasteiger partial charge in [0.25, 0.3) is 0 Å². The number of hydrogen-bond acceptors (Lipinski definition) is 5. The number of hydrogen-bond donors (Lipinski definition) is 1. The van der Waals surface area contributed by atoms with Crippen LogP contribution in [0.1, 0.15) is 37.6 Å². The Morgan fingerprint density at radius 1 is 0.912 bits per heavy atom. The third kappa shape index (κ3) is 4.62. The van der Waals surface area contributed by atoms with Gasteiger partial charge < -0.3 is 10.2 Å². The molecule has 4 aromatic rings. The number of nitrogens with one attached hydrogen (secondary N) is 1. The van der Waals surface area contributed by atoms with Crippen LogP contribution in [0, 0.1) is 0 Å². The van der Waals surface area contributed by atoms with Crippen molar-refractivity contribution in [2.75, 3.05) is 16.8 Å². The van der Waals surface area contributed by atoms with Gasteiger partial charge in [-0.25, -0.2) is 15.0 Å². The van der Waals surface area contributed by atoms with Gasteiger partial charge in [-0.15, -0.1) is 0 Å². The van der Waals surface area contributed by atoms with E-state index in [0.717, 1.165) is 47.1 Å². The summed E-state index contributed by atoms with van der Waals surface area (Å²) in [7, 11) is 0. The minimum Gasteiger partial charge on any atom is -0.349 e. The van der Waals surface area contributed by atoms with E-state index < -0.39 is 0 Å². The van der Waals surface area contributed by atoms with Crippen molar-refractivity contribution in [1.82, 2.24) is 15.0 Å². The molecule has 0 spiro atoms. The molecule has 0 amide bonds. The zero-order valence-corrected chi connectivity index (χ0v) is 20.5. The summed E-state index contributed by atoms with van der Waals surface area (Å²) in [6.45, 7) is 8.10. The Morgan fingerprint density at radius 3 is 2.38 bits per heavy atom. The zero-order chi connectivity index (χ0) is 23.7. The van der Waals surface area contributed by atoms with Crippen molar-refractivity contribution < 1.29 is 0 Å². The fourth-order valence-electron chi connectivity index (χ4n) is 4.23. The number of halogens is 1. The number of nitrogens with zero attached hydrogens (tertiary/aromatic N) is 4. The predicted octanol–water partition coefficient (Wildman–Crippen LogP) is 6.80. The highest BCUT2D eigenvalue weighted by atomic mass is 35.5. The van der Waals surface area contributed by atoms with Crippen LogP contribution in [0.5, 0.6) is 0 Å². The summed E-state index contributed by atoms with van der Waals surface area (Å²) in [5.74, 6) is 2.36. The van der Waals surface area contributed by atoms with Crippen molar-refractivity contribution >= 4 is 28.9 Å². The average Bonchev–Trinajstić information content (AvgIpc) is 2.84. The van der Waals surface area contributed by atoms with E-state index in [9.17, 15) is 0 Å². The summed E-state index contributed by atoms with van der Waals surface area (Å²) in [4.78, 5) is 16.6. The SMILES string of the molecule is CC(C)(C)c1ccc(Nc2nc(-c3ccccc3)nc3c2CCN(c2ncccc2Cl)C3)cc1. The minimum atomic E-state index is 0.114. The van der Waals surface area contributed by atoms with Crippen molar-refractivity contribution in [1.29, 1.82) is 0 Å². The number of rotatable bonds is 4. The molecule has 5 rings (SSSR count). The van der Waals surface area contributed by atoms with E-state index >= 15 is 0 Å². The smallest absolute Gasteiger partial charge is 0.161 e. The summed E-state index contributed by atoms with van der Waals surface area (Å²) >= 11 is 6.45. The molecular formula is C28H28ClN5. The molecule has 1 aliphatic heterocycles. The van der Waals surface area contributed by atoms with Crippen LogP contribution in [-0.4, -0.2) is 21.5 Å². The van der Waals surface area contributed by atoms with E-state index in [1.165, 1.54) is 5.56 Å². The summed E-state index contributed by atoms with van der Waals surface area (Å²) in [5.41, 5.74) is 5.56. The molecule has 0 aliphatic carbocycles. The molecular weight excluding hydrogens is 442 g/mol. The lowest BCUT2D eigenvalue weighted by Gasteiger charge is -2.31. The molecule has 0 radical (unpaired) electrons. The first-order valence-electron chi connectivity index (χ1n) is 11.6. The van der Waals surface area contributed by atoms with Gasteiger partial charge in [-0.2, -0.15) is 0 Å². The standard InChI is InChI=1S/C28H28ClN5/c1-28(2,3)20-11-13-21(14-12-20)31-26-22-15-17-34(27-23(29)10-7-16-30-27)18-24(22)32-25(33-26)19-8-5-4-6-9-19/h4-14,16H,15,17-18H2,1-3H3,(H,31,32,33). The van der Waals surface area contributed by atoms with Crippen LogP contribution in [0.2, 0.25) is 5.02 Å². The normalized spacial score (nSPS) is 13.5. The van der Waals surface area contributed by atoms with Crippen molar-refractivity contribution in [3.05, 3.63) is 94.8 Å². The minimum absolute atomic E-state index is 0.114. The molecule has 1 N–H and O–H groups in total. The fraction of sp³-hybridized carbons (Fsp3) is 0.250. The highest BCUT2D eigenvalue weighted by Crippen LogP contribution is 2.33. The first-order chi connectivity index (χ1) is 16.4. The van der Waals surface area contributed by atoms with Crippen LogP contribution in [-0.2, 0) is 18.4 Å². The number of fused-ring (bicyclic) bond motifs is 1. The molecule has 5 nitrogen and oxygen atoms in total. The van der Waals surface area contributed by atoms with Gasteiger partial charge in [0.2, 0.25) is 0 Å². The Morgan fingerprint density at radius 2 is 1.68 bits per heavy atom. The molecule has 2 aromatic heterocycles. The lowest BCUT2D eigenvalue weighted by molar-refractivity contribution is 0.590. The number of anilines is 3. The second-order valence-electron chi connectivity index (χ2n) is 9.62. The van der Waals surface area contributed by atoms with E-state index in [0.29, 0.717) is 17.4 Å². The van der Waals surface area contributed by atoms with E-state index in [4.69, 9.17) is 21.6 Å². The van der Waals surface area contributed by atoms with Crippen molar-refractivity contribution in [2.24, 2.45) is 0 Å². The summed E-state index contributed by atoms with van der Waals surface area (Å²) < 4.78 is 0. The monoisotopic (exact) mass is 469 g/mol. The van der Waals surface area contributed by atoms with Crippen molar-refractivity contribution in [3.8, 4) is 11.4 Å². The van der Waals surface area contributed by atoms with Crippen LogP contribution >= 0.6 is 11.6 Å². The summed E-state index contributed by atoms with van der Waals surface area (Å²) in [6.07, 6.45) is 2.58. The zero-order valence-electron chi connectivity index (χ0n) is 19.7. The first kappa shape index (κ1) is 22.4. The lowest BCUT2D eigenvalue weighted by atomic mass is 9.87. The predicted molar refractivity (Wildman–Crippen MR) is 140 cm³/mol. The largest absolute Gasteiger partial charge is 0.349 e. The Hall–Kier alpha value is -3.44. The molecule has 0 saturated heterocycles. The molecule has 2 aromatic carbocycles. The Labute approximate surface area is 205 Å². The second kappa shape index (κ2) is 9.07. The Bertz CT molecular complexity index is 1300. The maximum Gasteiger partial charge on any atom is 0.161 e.